The van der Waals surface area contributed by atoms with E-state index in [0.29, 0.717) is 12.8 Å². The van der Waals surface area contributed by atoms with E-state index in [-0.39, 0.29) is 28.8 Å². The Hall–Kier alpha value is -0.693. The second-order valence-corrected chi connectivity index (χ2v) is 15.8. The van der Waals surface area contributed by atoms with Gasteiger partial charge in [0.2, 0.25) is 0 Å². The SMILES string of the molecule is [2H]C([2H])(O[Si](C(C)C)(C(C)C)C(C)C)C1(c2cccc(CCS(=O)(=O)O)c2)CC1. The van der Waals surface area contributed by atoms with Crippen molar-refractivity contribution in [2.24, 2.45) is 0 Å². The molecule has 0 saturated heterocycles. The van der Waals surface area contributed by atoms with E-state index >= 15 is 0 Å². The van der Waals surface area contributed by atoms with Crippen LogP contribution in [0.2, 0.25) is 16.6 Å². The number of benzene rings is 1. The second kappa shape index (κ2) is 8.35. The molecule has 0 spiro atoms. The summed E-state index contributed by atoms with van der Waals surface area (Å²) in [7, 11) is -6.44. The van der Waals surface area contributed by atoms with Gasteiger partial charge in [0.25, 0.3) is 10.1 Å². The van der Waals surface area contributed by atoms with Gasteiger partial charge in [-0.2, -0.15) is 8.42 Å². The normalized spacial score (nSPS) is 18.7. The van der Waals surface area contributed by atoms with Crippen molar-refractivity contribution in [1.29, 1.82) is 0 Å². The van der Waals surface area contributed by atoms with Gasteiger partial charge in [0, 0.05) is 12.0 Å². The molecule has 0 amide bonds. The molecule has 1 aromatic carbocycles. The van der Waals surface area contributed by atoms with Crippen LogP contribution < -0.4 is 0 Å². The van der Waals surface area contributed by atoms with E-state index in [1.54, 1.807) is 0 Å². The van der Waals surface area contributed by atoms with Crippen LogP contribution >= 0.6 is 0 Å². The molecule has 2 rings (SSSR count). The van der Waals surface area contributed by atoms with Crippen LogP contribution in [0.5, 0.6) is 0 Å². The molecule has 1 N–H and O–H groups in total. The molecule has 0 heterocycles. The third kappa shape index (κ3) is 5.22. The summed E-state index contributed by atoms with van der Waals surface area (Å²) < 4.78 is 55.7. The maximum Gasteiger partial charge on any atom is 0.265 e. The molecular formula is C21H36O4SSi. The molecule has 0 radical (unpaired) electrons. The first-order valence-electron chi connectivity index (χ1n) is 10.9. The third-order valence-electron chi connectivity index (χ3n) is 6.01. The maximum absolute atomic E-state index is 11.1. The molecule has 0 unspecified atom stereocenters. The van der Waals surface area contributed by atoms with E-state index in [2.05, 4.69) is 41.5 Å². The molecular weight excluding hydrogens is 376 g/mol. The summed E-state index contributed by atoms with van der Waals surface area (Å²) in [6.45, 7) is 11.1. The molecule has 0 atom stereocenters. The summed E-state index contributed by atoms with van der Waals surface area (Å²) in [5.74, 6) is -0.336. The van der Waals surface area contributed by atoms with E-state index in [0.717, 1.165) is 11.1 Å². The highest BCUT2D eigenvalue weighted by molar-refractivity contribution is 7.85. The first kappa shape index (κ1) is 19.6. The summed E-state index contributed by atoms with van der Waals surface area (Å²) >= 11 is 0. The van der Waals surface area contributed by atoms with Crippen molar-refractivity contribution in [3.05, 3.63) is 35.4 Å². The zero-order valence-corrected chi connectivity index (χ0v) is 19.3. The third-order valence-corrected chi connectivity index (χ3v) is 12.6. The van der Waals surface area contributed by atoms with Crippen molar-refractivity contribution in [3.8, 4) is 0 Å². The molecule has 154 valence electrons. The minimum Gasteiger partial charge on any atom is -0.415 e. The highest BCUT2D eigenvalue weighted by atomic mass is 32.2. The van der Waals surface area contributed by atoms with E-state index in [1.165, 1.54) is 0 Å². The predicted molar refractivity (Wildman–Crippen MR) is 114 cm³/mol. The number of rotatable bonds is 10. The number of aryl methyl sites for hydroxylation is 1. The topological polar surface area (TPSA) is 63.6 Å². The van der Waals surface area contributed by atoms with Crippen molar-refractivity contribution in [3.63, 3.8) is 0 Å². The first-order chi connectivity index (χ1) is 13.2. The highest BCUT2D eigenvalue weighted by Crippen LogP contribution is 2.51. The molecule has 4 nitrogen and oxygen atoms in total. The lowest BCUT2D eigenvalue weighted by Crippen LogP contribution is -2.49. The highest BCUT2D eigenvalue weighted by Gasteiger charge is 2.50. The molecule has 0 aliphatic heterocycles. The minimum atomic E-state index is -4.03. The lowest BCUT2D eigenvalue weighted by molar-refractivity contribution is 0.244. The van der Waals surface area contributed by atoms with Crippen molar-refractivity contribution in [2.45, 2.75) is 82.8 Å². The lowest BCUT2D eigenvalue weighted by Gasteiger charge is -2.43. The maximum atomic E-state index is 11.1. The van der Waals surface area contributed by atoms with Crippen LogP contribution in [0, 0.1) is 0 Å². The second-order valence-electron chi connectivity index (χ2n) is 8.84. The Morgan fingerprint density at radius 3 is 2.15 bits per heavy atom. The quantitative estimate of drug-likeness (QED) is 0.414. The van der Waals surface area contributed by atoms with Gasteiger partial charge in [0.1, 0.15) is 0 Å². The molecule has 1 aliphatic rings. The van der Waals surface area contributed by atoms with E-state index in [4.69, 9.17) is 11.7 Å². The standard InChI is InChI=1S/C21H36O4SSi/c1-16(2)27(17(3)4,18(5)6)25-15-21(11-12-21)20-9-7-8-19(14-20)10-13-26(22,23)24/h7-9,14,16-18H,10-13,15H2,1-6H3,(H,22,23,24)/i15D2. The molecule has 0 bridgehead atoms. The van der Waals surface area contributed by atoms with Crippen molar-refractivity contribution in [1.82, 2.24) is 0 Å². The molecule has 27 heavy (non-hydrogen) atoms. The fourth-order valence-electron chi connectivity index (χ4n) is 4.39. The van der Waals surface area contributed by atoms with Gasteiger partial charge < -0.3 is 4.43 Å². The van der Waals surface area contributed by atoms with Crippen LogP contribution in [0.4, 0.5) is 0 Å². The lowest BCUT2D eigenvalue weighted by atomic mass is 9.95. The monoisotopic (exact) mass is 414 g/mol. The van der Waals surface area contributed by atoms with Crippen molar-refractivity contribution in [2.75, 3.05) is 12.3 Å². The van der Waals surface area contributed by atoms with E-state index in [9.17, 15) is 8.42 Å². The number of hydrogen-bond donors (Lipinski definition) is 1. The zero-order valence-electron chi connectivity index (χ0n) is 19.5. The molecule has 6 heteroatoms. The summed E-state index contributed by atoms with van der Waals surface area (Å²) in [4.78, 5) is 0. The van der Waals surface area contributed by atoms with Crippen LogP contribution in [-0.2, 0) is 26.4 Å². The van der Waals surface area contributed by atoms with Gasteiger partial charge in [0.05, 0.1) is 8.49 Å². The summed E-state index contributed by atoms with van der Waals surface area (Å²) in [5, 5.41) is 0. The molecule has 1 aromatic rings. The Kier molecular flexibility index (Phi) is 6.07. The van der Waals surface area contributed by atoms with Gasteiger partial charge in [-0.15, -0.1) is 0 Å². The largest absolute Gasteiger partial charge is 0.415 e. The average molecular weight is 415 g/mol. The fourth-order valence-corrected chi connectivity index (χ4v) is 9.96. The molecule has 1 fully saturated rings. The molecule has 1 aliphatic carbocycles. The van der Waals surface area contributed by atoms with Crippen molar-refractivity contribution >= 4 is 18.4 Å². The van der Waals surface area contributed by atoms with Gasteiger partial charge in [-0.3, -0.25) is 4.55 Å². The fraction of sp³-hybridized carbons (Fsp3) is 0.714. The van der Waals surface area contributed by atoms with Gasteiger partial charge in [-0.25, -0.2) is 0 Å². The van der Waals surface area contributed by atoms with Crippen LogP contribution in [-0.4, -0.2) is 33.6 Å². The summed E-state index contributed by atoms with van der Waals surface area (Å²) in [6, 6.07) is 7.44. The average Bonchev–Trinajstić information content (AvgIpc) is 3.39. The van der Waals surface area contributed by atoms with Crippen LogP contribution in [0.1, 0.15) is 68.3 Å². The Morgan fingerprint density at radius 2 is 1.70 bits per heavy atom. The summed E-state index contributed by atoms with van der Waals surface area (Å²) in [6.07, 6.45) is 1.62. The van der Waals surface area contributed by atoms with E-state index < -0.39 is 30.4 Å². The van der Waals surface area contributed by atoms with E-state index in [1.807, 2.05) is 24.3 Å². The number of hydrogen-bond acceptors (Lipinski definition) is 3. The zero-order chi connectivity index (χ0) is 22.3. The van der Waals surface area contributed by atoms with Gasteiger partial charge in [-0.1, -0.05) is 65.8 Å². The van der Waals surface area contributed by atoms with Crippen molar-refractivity contribution < 1.29 is 20.1 Å². The Balaban J connectivity index is 2.37. The predicted octanol–water partition coefficient (Wildman–Crippen LogP) is 5.34. The molecule has 0 aromatic heterocycles. The van der Waals surface area contributed by atoms with Gasteiger partial charge in [0.15, 0.2) is 8.32 Å². The van der Waals surface area contributed by atoms with Crippen LogP contribution in [0.25, 0.3) is 0 Å². The minimum absolute atomic E-state index is 0.204. The van der Waals surface area contributed by atoms with Crippen LogP contribution in [0.3, 0.4) is 0 Å². The van der Waals surface area contributed by atoms with Crippen LogP contribution in [0.15, 0.2) is 24.3 Å². The summed E-state index contributed by atoms with van der Waals surface area (Å²) in [5.41, 5.74) is 1.80. The van der Waals surface area contributed by atoms with Gasteiger partial charge in [-0.05, 0) is 47.0 Å². The Morgan fingerprint density at radius 1 is 1.15 bits per heavy atom. The Labute approximate surface area is 169 Å². The molecule has 1 saturated carbocycles. The first-order valence-corrected chi connectivity index (χ1v) is 13.7. The van der Waals surface area contributed by atoms with Gasteiger partial charge >= 0.3 is 0 Å². The smallest absolute Gasteiger partial charge is 0.265 e. The Bertz CT molecular complexity index is 796.